The summed E-state index contributed by atoms with van der Waals surface area (Å²) in [6.07, 6.45) is 6.92. The molecule has 0 heterocycles. The average molecular weight is 214 g/mol. The lowest BCUT2D eigenvalue weighted by atomic mass is 9.87. The van der Waals surface area contributed by atoms with Crippen LogP contribution in [0.3, 0.4) is 0 Å². The van der Waals surface area contributed by atoms with Crippen molar-refractivity contribution in [1.29, 1.82) is 0 Å². The topological polar surface area (TPSA) is 24.4 Å². The van der Waals surface area contributed by atoms with Crippen LogP contribution < -0.4 is 5.32 Å². The van der Waals surface area contributed by atoms with Crippen LogP contribution in [0.2, 0.25) is 0 Å². The Morgan fingerprint density at radius 1 is 1.43 bits per heavy atom. The fourth-order valence-corrected chi connectivity index (χ4v) is 3.48. The Hall–Kier alpha value is -0.180. The van der Waals surface area contributed by atoms with Gasteiger partial charge in [0.15, 0.2) is 5.17 Å². The van der Waals surface area contributed by atoms with Crippen LogP contribution in [0.25, 0.3) is 0 Å². The molecule has 0 aromatic carbocycles. The summed E-state index contributed by atoms with van der Waals surface area (Å²) in [7, 11) is 3.82. The predicted molar refractivity (Wildman–Crippen MR) is 66.0 cm³/mol. The molecule has 0 amide bonds. The van der Waals surface area contributed by atoms with Crippen LogP contribution in [0.1, 0.15) is 39.0 Å². The molecule has 2 unspecified atom stereocenters. The van der Waals surface area contributed by atoms with E-state index in [1.165, 1.54) is 32.1 Å². The summed E-state index contributed by atoms with van der Waals surface area (Å²) in [5.41, 5.74) is 0. The first-order valence-corrected chi connectivity index (χ1v) is 6.51. The van der Waals surface area contributed by atoms with E-state index in [1.54, 1.807) is 0 Å². The highest BCUT2D eigenvalue weighted by atomic mass is 32.2. The number of rotatable bonds is 2. The van der Waals surface area contributed by atoms with Crippen LogP contribution in [0.5, 0.6) is 0 Å². The molecule has 0 aromatic heterocycles. The Bertz CT molecular complexity index is 192. The van der Waals surface area contributed by atoms with Crippen molar-refractivity contribution >= 4 is 16.9 Å². The van der Waals surface area contributed by atoms with Gasteiger partial charge in [0, 0.05) is 19.3 Å². The van der Waals surface area contributed by atoms with Gasteiger partial charge in [0.1, 0.15) is 0 Å². The summed E-state index contributed by atoms with van der Waals surface area (Å²) >= 11 is 1.94. The summed E-state index contributed by atoms with van der Waals surface area (Å²) in [6, 6.07) is 0. The van der Waals surface area contributed by atoms with Gasteiger partial charge in [-0.15, -0.1) is 0 Å². The molecule has 2 atom stereocenters. The predicted octanol–water partition coefficient (Wildman–Crippen LogP) is 2.89. The Labute approximate surface area is 92.0 Å². The lowest BCUT2D eigenvalue weighted by Gasteiger charge is -2.30. The van der Waals surface area contributed by atoms with Crippen LogP contribution in [-0.4, -0.2) is 24.5 Å². The average Bonchev–Trinajstić information content (AvgIpc) is 2.26. The second kappa shape index (κ2) is 6.33. The van der Waals surface area contributed by atoms with Gasteiger partial charge in [0.05, 0.1) is 0 Å². The number of thioether (sulfide) groups is 1. The largest absolute Gasteiger partial charge is 0.368 e. The molecule has 0 aromatic rings. The van der Waals surface area contributed by atoms with Crippen LogP contribution >= 0.6 is 11.8 Å². The van der Waals surface area contributed by atoms with E-state index in [4.69, 9.17) is 0 Å². The minimum atomic E-state index is 0.792. The van der Waals surface area contributed by atoms with E-state index in [-0.39, 0.29) is 0 Å². The van der Waals surface area contributed by atoms with Crippen LogP contribution in [0.15, 0.2) is 4.99 Å². The van der Waals surface area contributed by atoms with Crippen molar-refractivity contribution in [2.24, 2.45) is 10.9 Å². The molecule has 0 aliphatic heterocycles. The SMILES string of the molecule is CCC1CCCCC1SC(=NC)NC. The second-order valence-corrected chi connectivity index (χ2v) is 5.12. The van der Waals surface area contributed by atoms with Crippen molar-refractivity contribution in [3.8, 4) is 0 Å². The first-order chi connectivity index (χ1) is 6.81. The molecular weight excluding hydrogens is 192 g/mol. The quantitative estimate of drug-likeness (QED) is 0.564. The fourth-order valence-electron chi connectivity index (χ4n) is 2.16. The van der Waals surface area contributed by atoms with E-state index in [9.17, 15) is 0 Å². The molecule has 1 fully saturated rings. The maximum atomic E-state index is 4.24. The molecule has 1 rings (SSSR count). The van der Waals surface area contributed by atoms with E-state index < -0.39 is 0 Å². The lowest BCUT2D eigenvalue weighted by Crippen LogP contribution is -2.26. The van der Waals surface area contributed by atoms with E-state index in [0.29, 0.717) is 0 Å². The van der Waals surface area contributed by atoms with Crippen molar-refractivity contribution < 1.29 is 0 Å². The van der Waals surface area contributed by atoms with Gasteiger partial charge in [-0.3, -0.25) is 4.99 Å². The normalized spacial score (nSPS) is 28.9. The summed E-state index contributed by atoms with van der Waals surface area (Å²) in [5.74, 6) is 0.902. The van der Waals surface area contributed by atoms with E-state index >= 15 is 0 Å². The highest BCUT2D eigenvalue weighted by Crippen LogP contribution is 2.35. The third kappa shape index (κ3) is 3.19. The van der Waals surface area contributed by atoms with Crippen molar-refractivity contribution in [3.05, 3.63) is 0 Å². The molecule has 2 nitrogen and oxygen atoms in total. The van der Waals surface area contributed by atoms with Crippen LogP contribution in [0.4, 0.5) is 0 Å². The Kier molecular flexibility index (Phi) is 5.38. The minimum Gasteiger partial charge on any atom is -0.368 e. The highest BCUT2D eigenvalue weighted by molar-refractivity contribution is 8.14. The van der Waals surface area contributed by atoms with Crippen molar-refractivity contribution in [3.63, 3.8) is 0 Å². The molecular formula is C11H22N2S. The number of nitrogens with zero attached hydrogens (tertiary/aromatic N) is 1. The minimum absolute atomic E-state index is 0.792. The number of aliphatic imine (C=N–C) groups is 1. The monoisotopic (exact) mass is 214 g/mol. The van der Waals surface area contributed by atoms with Gasteiger partial charge >= 0.3 is 0 Å². The zero-order chi connectivity index (χ0) is 10.4. The van der Waals surface area contributed by atoms with Gasteiger partial charge in [-0.25, -0.2) is 0 Å². The first-order valence-electron chi connectivity index (χ1n) is 5.63. The number of amidine groups is 1. The summed E-state index contributed by atoms with van der Waals surface area (Å²) in [4.78, 5) is 4.24. The molecule has 3 heteroatoms. The Balaban J connectivity index is 2.47. The van der Waals surface area contributed by atoms with Crippen LogP contribution in [0, 0.1) is 5.92 Å². The van der Waals surface area contributed by atoms with Crippen molar-refractivity contribution in [2.75, 3.05) is 14.1 Å². The van der Waals surface area contributed by atoms with Gasteiger partial charge < -0.3 is 5.32 Å². The van der Waals surface area contributed by atoms with Gasteiger partial charge in [-0.1, -0.05) is 37.9 Å². The molecule has 0 bridgehead atoms. The molecule has 0 radical (unpaired) electrons. The molecule has 1 aliphatic carbocycles. The third-order valence-corrected chi connectivity index (χ3v) is 4.58. The number of nitrogens with one attached hydrogen (secondary N) is 1. The van der Waals surface area contributed by atoms with Gasteiger partial charge in [0.2, 0.25) is 0 Å². The maximum Gasteiger partial charge on any atom is 0.156 e. The third-order valence-electron chi connectivity index (χ3n) is 3.04. The van der Waals surface area contributed by atoms with Crippen molar-refractivity contribution in [1.82, 2.24) is 5.32 Å². The number of hydrogen-bond donors (Lipinski definition) is 1. The molecule has 0 saturated heterocycles. The standard InChI is InChI=1S/C11H22N2S/c1-4-9-7-5-6-8-10(9)14-11(12-2)13-3/h9-10H,4-8H2,1-3H3,(H,12,13). The maximum absolute atomic E-state index is 4.24. The van der Waals surface area contributed by atoms with E-state index in [1.807, 2.05) is 25.9 Å². The molecule has 82 valence electrons. The molecule has 14 heavy (non-hydrogen) atoms. The first kappa shape index (κ1) is 11.9. The Morgan fingerprint density at radius 2 is 2.14 bits per heavy atom. The lowest BCUT2D eigenvalue weighted by molar-refractivity contribution is 0.362. The molecule has 1 aliphatic rings. The second-order valence-electron chi connectivity index (χ2n) is 3.89. The fraction of sp³-hybridized carbons (Fsp3) is 0.909. The zero-order valence-electron chi connectivity index (χ0n) is 9.55. The van der Waals surface area contributed by atoms with Crippen molar-refractivity contribution in [2.45, 2.75) is 44.3 Å². The van der Waals surface area contributed by atoms with Crippen LogP contribution in [-0.2, 0) is 0 Å². The molecule has 1 saturated carbocycles. The van der Waals surface area contributed by atoms with E-state index in [2.05, 4.69) is 17.2 Å². The van der Waals surface area contributed by atoms with E-state index in [0.717, 1.165) is 16.3 Å². The highest BCUT2D eigenvalue weighted by Gasteiger charge is 2.25. The molecule has 1 N–H and O–H groups in total. The van der Waals surface area contributed by atoms with Gasteiger partial charge in [-0.05, 0) is 18.8 Å². The summed E-state index contributed by atoms with van der Waals surface area (Å²) < 4.78 is 0. The summed E-state index contributed by atoms with van der Waals surface area (Å²) in [5, 5.41) is 5.04. The smallest absolute Gasteiger partial charge is 0.156 e. The number of hydrogen-bond acceptors (Lipinski definition) is 2. The van der Waals surface area contributed by atoms with Gasteiger partial charge in [-0.2, -0.15) is 0 Å². The zero-order valence-corrected chi connectivity index (χ0v) is 10.4. The Morgan fingerprint density at radius 3 is 2.71 bits per heavy atom. The summed E-state index contributed by atoms with van der Waals surface area (Å²) in [6.45, 7) is 2.31. The molecule has 0 spiro atoms. The van der Waals surface area contributed by atoms with Gasteiger partial charge in [0.25, 0.3) is 0 Å².